The smallest absolute Gasteiger partial charge is 0.253 e. The van der Waals surface area contributed by atoms with E-state index in [0.29, 0.717) is 27.4 Å². The van der Waals surface area contributed by atoms with Gasteiger partial charge in [-0.05, 0) is 62.6 Å². The first-order chi connectivity index (χ1) is 9.90. The van der Waals surface area contributed by atoms with Gasteiger partial charge in [0.2, 0.25) is 0 Å². The highest BCUT2D eigenvalue weighted by atomic mass is 35.5. The number of hydrogen-bond donors (Lipinski definition) is 1. The van der Waals surface area contributed by atoms with Crippen LogP contribution in [0.15, 0.2) is 30.4 Å². The average molecular weight is 324 g/mol. The molecular formula is C17H19Cl2NO. The molecule has 3 rings (SSSR count). The molecule has 1 atom stereocenters. The first-order valence-electron chi connectivity index (χ1n) is 7.34. The van der Waals surface area contributed by atoms with E-state index in [0.717, 1.165) is 12.8 Å². The number of halogens is 2. The molecule has 1 aromatic carbocycles. The van der Waals surface area contributed by atoms with Crippen LogP contribution in [0.5, 0.6) is 0 Å². The Hall–Kier alpha value is -0.990. The third-order valence-electron chi connectivity index (χ3n) is 4.90. The molecule has 0 saturated heterocycles. The van der Waals surface area contributed by atoms with Crippen molar-refractivity contribution in [2.75, 3.05) is 0 Å². The molecule has 112 valence electrons. The van der Waals surface area contributed by atoms with Crippen LogP contribution >= 0.6 is 23.2 Å². The van der Waals surface area contributed by atoms with Crippen molar-refractivity contribution in [1.82, 2.24) is 5.32 Å². The van der Waals surface area contributed by atoms with Crippen LogP contribution in [-0.4, -0.2) is 11.4 Å². The van der Waals surface area contributed by atoms with Crippen LogP contribution in [0.4, 0.5) is 0 Å². The number of allylic oxidation sites excluding steroid dienone is 1. The first-order valence-corrected chi connectivity index (χ1v) is 8.10. The molecule has 2 aliphatic carbocycles. The van der Waals surface area contributed by atoms with Crippen molar-refractivity contribution in [3.63, 3.8) is 0 Å². The standard InChI is InChI=1S/C17H19Cl2NO/c1-10-7-12(8-10)17(2,11-3-4-11)20-16(21)14-6-5-13(18)9-15(14)19/h5-6,9,11-12H,1,3-4,7-8H2,2H3,(H,20,21). The van der Waals surface area contributed by atoms with E-state index in [1.807, 2.05) is 0 Å². The van der Waals surface area contributed by atoms with Gasteiger partial charge in [-0.2, -0.15) is 0 Å². The quantitative estimate of drug-likeness (QED) is 0.788. The van der Waals surface area contributed by atoms with E-state index in [9.17, 15) is 4.79 Å². The lowest BCUT2D eigenvalue weighted by Crippen LogP contribution is -2.55. The molecule has 4 heteroatoms. The van der Waals surface area contributed by atoms with Crippen LogP contribution in [0.3, 0.4) is 0 Å². The van der Waals surface area contributed by atoms with Crippen molar-refractivity contribution >= 4 is 29.1 Å². The summed E-state index contributed by atoms with van der Waals surface area (Å²) in [5.74, 6) is 0.960. The van der Waals surface area contributed by atoms with E-state index in [4.69, 9.17) is 23.2 Å². The maximum absolute atomic E-state index is 12.6. The summed E-state index contributed by atoms with van der Waals surface area (Å²) in [6.07, 6.45) is 4.41. The predicted octanol–water partition coefficient (Wildman–Crippen LogP) is 4.86. The Labute approximate surface area is 135 Å². The van der Waals surface area contributed by atoms with E-state index in [1.54, 1.807) is 18.2 Å². The summed E-state index contributed by atoms with van der Waals surface area (Å²) in [7, 11) is 0. The van der Waals surface area contributed by atoms with Gasteiger partial charge in [-0.3, -0.25) is 4.79 Å². The molecule has 0 aromatic heterocycles. The third-order valence-corrected chi connectivity index (χ3v) is 5.45. The molecule has 1 N–H and O–H groups in total. The van der Waals surface area contributed by atoms with Gasteiger partial charge in [0.25, 0.3) is 5.91 Å². The van der Waals surface area contributed by atoms with Crippen molar-refractivity contribution in [2.45, 2.75) is 38.1 Å². The lowest BCUT2D eigenvalue weighted by Gasteiger charge is -2.45. The highest BCUT2D eigenvalue weighted by Crippen LogP contribution is 2.51. The van der Waals surface area contributed by atoms with Gasteiger partial charge >= 0.3 is 0 Å². The van der Waals surface area contributed by atoms with Gasteiger partial charge in [0.05, 0.1) is 10.6 Å². The fourth-order valence-corrected chi connectivity index (χ4v) is 3.76. The Bertz CT molecular complexity index is 601. The predicted molar refractivity (Wildman–Crippen MR) is 86.9 cm³/mol. The second-order valence-electron chi connectivity index (χ2n) is 6.49. The third kappa shape index (κ3) is 2.84. The fourth-order valence-electron chi connectivity index (χ4n) is 3.27. The van der Waals surface area contributed by atoms with Gasteiger partial charge in [0, 0.05) is 10.6 Å². The van der Waals surface area contributed by atoms with Crippen LogP contribution in [-0.2, 0) is 0 Å². The largest absolute Gasteiger partial charge is 0.346 e. The summed E-state index contributed by atoms with van der Waals surface area (Å²) in [5.41, 5.74) is 1.62. The summed E-state index contributed by atoms with van der Waals surface area (Å²) in [6, 6.07) is 4.99. The second kappa shape index (κ2) is 5.33. The van der Waals surface area contributed by atoms with E-state index in [-0.39, 0.29) is 11.4 Å². The van der Waals surface area contributed by atoms with Crippen molar-refractivity contribution in [3.05, 3.63) is 46.0 Å². The molecule has 1 amide bonds. The van der Waals surface area contributed by atoms with E-state index >= 15 is 0 Å². The average Bonchev–Trinajstić information content (AvgIpc) is 3.19. The Morgan fingerprint density at radius 2 is 1.95 bits per heavy atom. The summed E-state index contributed by atoms with van der Waals surface area (Å²) in [6.45, 7) is 6.19. The summed E-state index contributed by atoms with van der Waals surface area (Å²) in [4.78, 5) is 12.6. The lowest BCUT2D eigenvalue weighted by atomic mass is 9.67. The van der Waals surface area contributed by atoms with Crippen molar-refractivity contribution < 1.29 is 4.79 Å². The zero-order valence-electron chi connectivity index (χ0n) is 12.1. The molecule has 0 heterocycles. The van der Waals surface area contributed by atoms with Crippen LogP contribution < -0.4 is 5.32 Å². The zero-order valence-corrected chi connectivity index (χ0v) is 13.6. The number of carbonyl (C=O) groups excluding carboxylic acids is 1. The van der Waals surface area contributed by atoms with Crippen molar-refractivity contribution in [2.24, 2.45) is 11.8 Å². The summed E-state index contributed by atoms with van der Waals surface area (Å²) in [5, 5.41) is 4.18. The van der Waals surface area contributed by atoms with Crippen LogP contribution in [0.1, 0.15) is 43.0 Å². The monoisotopic (exact) mass is 323 g/mol. The molecule has 2 aliphatic rings. The van der Waals surface area contributed by atoms with Gasteiger partial charge in [-0.25, -0.2) is 0 Å². The lowest BCUT2D eigenvalue weighted by molar-refractivity contribution is 0.0807. The highest BCUT2D eigenvalue weighted by Gasteiger charge is 2.50. The molecule has 1 unspecified atom stereocenters. The van der Waals surface area contributed by atoms with Gasteiger partial charge in [-0.1, -0.05) is 35.4 Å². The normalized spacial score (nSPS) is 21.6. The van der Waals surface area contributed by atoms with E-state index in [2.05, 4.69) is 18.8 Å². The molecule has 0 bridgehead atoms. The van der Waals surface area contributed by atoms with Crippen molar-refractivity contribution in [1.29, 1.82) is 0 Å². The van der Waals surface area contributed by atoms with Crippen LogP contribution in [0, 0.1) is 11.8 Å². The maximum Gasteiger partial charge on any atom is 0.253 e. The molecule has 2 fully saturated rings. The van der Waals surface area contributed by atoms with Gasteiger partial charge in [0.15, 0.2) is 0 Å². The molecule has 21 heavy (non-hydrogen) atoms. The molecular weight excluding hydrogens is 305 g/mol. The molecule has 2 saturated carbocycles. The minimum Gasteiger partial charge on any atom is -0.346 e. The second-order valence-corrected chi connectivity index (χ2v) is 7.33. The number of amides is 1. The molecule has 0 radical (unpaired) electrons. The van der Waals surface area contributed by atoms with Crippen molar-refractivity contribution in [3.8, 4) is 0 Å². The Morgan fingerprint density at radius 1 is 1.29 bits per heavy atom. The number of benzene rings is 1. The number of rotatable bonds is 4. The molecule has 1 aromatic rings. The maximum atomic E-state index is 12.6. The Morgan fingerprint density at radius 3 is 2.48 bits per heavy atom. The SMILES string of the molecule is C=C1CC(C(C)(NC(=O)c2ccc(Cl)cc2Cl)C2CC2)C1. The first kappa shape index (κ1) is 14.9. The highest BCUT2D eigenvalue weighted by molar-refractivity contribution is 6.36. The number of carbonyl (C=O) groups is 1. The molecule has 0 spiro atoms. The van der Waals surface area contributed by atoms with E-state index < -0.39 is 0 Å². The van der Waals surface area contributed by atoms with Gasteiger partial charge < -0.3 is 5.32 Å². The Kier molecular flexibility index (Phi) is 3.79. The zero-order chi connectivity index (χ0) is 15.2. The van der Waals surface area contributed by atoms with Crippen LogP contribution in [0.2, 0.25) is 10.0 Å². The number of hydrogen-bond acceptors (Lipinski definition) is 1. The summed E-state index contributed by atoms with van der Waals surface area (Å²) >= 11 is 12.0. The topological polar surface area (TPSA) is 29.1 Å². The molecule has 0 aliphatic heterocycles. The van der Waals surface area contributed by atoms with E-state index in [1.165, 1.54) is 18.4 Å². The molecule has 2 nitrogen and oxygen atoms in total. The summed E-state index contributed by atoms with van der Waals surface area (Å²) < 4.78 is 0. The van der Waals surface area contributed by atoms with Crippen LogP contribution in [0.25, 0.3) is 0 Å². The fraction of sp³-hybridized carbons (Fsp3) is 0.471. The number of nitrogens with one attached hydrogen (secondary N) is 1. The van der Waals surface area contributed by atoms with Gasteiger partial charge in [0.1, 0.15) is 0 Å². The Balaban J connectivity index is 1.79. The minimum atomic E-state index is -0.152. The van der Waals surface area contributed by atoms with Gasteiger partial charge in [-0.15, -0.1) is 0 Å². The minimum absolute atomic E-state index is 0.108.